The van der Waals surface area contributed by atoms with Gasteiger partial charge in [-0.3, -0.25) is 0 Å². The molecule has 114 valence electrons. The van der Waals surface area contributed by atoms with Crippen molar-refractivity contribution in [2.45, 2.75) is 45.1 Å². The average molecular weight is 318 g/mol. The maximum Gasteiger partial charge on any atom is 0.179 e. The summed E-state index contributed by atoms with van der Waals surface area (Å²) in [4.78, 5) is 0.328. The van der Waals surface area contributed by atoms with E-state index in [4.69, 9.17) is 11.6 Å². The number of hydrogen-bond acceptors (Lipinski definition) is 3. The number of benzene rings is 1. The van der Waals surface area contributed by atoms with Crippen LogP contribution in [-0.2, 0) is 9.84 Å². The first-order valence-electron chi connectivity index (χ1n) is 6.88. The largest absolute Gasteiger partial charge is 0.312 e. The molecule has 3 nitrogen and oxygen atoms in total. The fourth-order valence-corrected chi connectivity index (χ4v) is 3.82. The maximum atomic E-state index is 12.5. The van der Waals surface area contributed by atoms with E-state index in [0.717, 1.165) is 13.0 Å². The van der Waals surface area contributed by atoms with Gasteiger partial charge in [0.1, 0.15) is 0 Å². The van der Waals surface area contributed by atoms with Gasteiger partial charge in [-0.25, -0.2) is 8.42 Å². The predicted molar refractivity (Wildman–Crippen MR) is 85.0 cm³/mol. The van der Waals surface area contributed by atoms with E-state index in [1.54, 1.807) is 24.3 Å². The molecule has 1 atom stereocenters. The van der Waals surface area contributed by atoms with Crippen molar-refractivity contribution in [2.24, 2.45) is 5.41 Å². The van der Waals surface area contributed by atoms with Crippen molar-refractivity contribution in [3.05, 3.63) is 29.3 Å². The van der Waals surface area contributed by atoms with Gasteiger partial charge in [0.2, 0.25) is 0 Å². The number of sulfone groups is 1. The molecule has 0 bridgehead atoms. The number of hydrogen-bond donors (Lipinski definition) is 1. The molecule has 0 aliphatic carbocycles. The van der Waals surface area contributed by atoms with Gasteiger partial charge in [-0.15, -0.1) is 0 Å². The van der Waals surface area contributed by atoms with E-state index in [2.05, 4.69) is 33.0 Å². The highest BCUT2D eigenvalue weighted by Crippen LogP contribution is 2.24. The molecule has 0 saturated heterocycles. The normalized spacial score (nSPS) is 14.2. The Morgan fingerprint density at radius 2 is 1.75 bits per heavy atom. The van der Waals surface area contributed by atoms with Gasteiger partial charge in [-0.1, -0.05) is 39.3 Å². The van der Waals surface area contributed by atoms with E-state index in [9.17, 15) is 8.42 Å². The Morgan fingerprint density at radius 1 is 1.20 bits per heavy atom. The zero-order chi connectivity index (χ0) is 15.4. The van der Waals surface area contributed by atoms with E-state index in [0.29, 0.717) is 9.92 Å². The molecule has 0 aliphatic rings. The molecule has 0 spiro atoms. The summed E-state index contributed by atoms with van der Waals surface area (Å²) in [5, 5.41) is 3.88. The summed E-state index contributed by atoms with van der Waals surface area (Å²) in [6, 6.07) is 6.28. The molecule has 20 heavy (non-hydrogen) atoms. The van der Waals surface area contributed by atoms with Crippen molar-refractivity contribution in [3.63, 3.8) is 0 Å². The molecule has 0 fully saturated rings. The van der Waals surface area contributed by atoms with Crippen LogP contribution in [0.25, 0.3) is 0 Å². The second-order valence-corrected chi connectivity index (χ2v) is 8.58. The Bertz CT molecular complexity index is 518. The Hall–Kier alpha value is -0.580. The van der Waals surface area contributed by atoms with Crippen molar-refractivity contribution in [1.29, 1.82) is 0 Å². The van der Waals surface area contributed by atoms with Crippen LogP contribution in [0.3, 0.4) is 0 Å². The van der Waals surface area contributed by atoms with Crippen molar-refractivity contribution in [1.82, 2.24) is 5.32 Å². The SMILES string of the molecule is CCCNC(CS(=O)(=O)c1ccc(Cl)cc1)C(C)(C)C. The lowest BCUT2D eigenvalue weighted by Crippen LogP contribution is -2.45. The van der Waals surface area contributed by atoms with Gasteiger partial charge < -0.3 is 5.32 Å². The molecule has 1 unspecified atom stereocenters. The lowest BCUT2D eigenvalue weighted by molar-refractivity contribution is 0.288. The summed E-state index contributed by atoms with van der Waals surface area (Å²) in [7, 11) is -3.31. The summed E-state index contributed by atoms with van der Waals surface area (Å²) in [5.41, 5.74) is -0.116. The first-order valence-corrected chi connectivity index (χ1v) is 8.91. The van der Waals surface area contributed by atoms with Gasteiger partial charge in [0, 0.05) is 11.1 Å². The molecule has 0 radical (unpaired) electrons. The van der Waals surface area contributed by atoms with E-state index < -0.39 is 9.84 Å². The highest BCUT2D eigenvalue weighted by molar-refractivity contribution is 7.91. The van der Waals surface area contributed by atoms with Crippen molar-refractivity contribution >= 4 is 21.4 Å². The van der Waals surface area contributed by atoms with Crippen LogP contribution in [0, 0.1) is 5.41 Å². The van der Waals surface area contributed by atoms with Gasteiger partial charge in [0.15, 0.2) is 9.84 Å². The molecule has 1 aromatic rings. The van der Waals surface area contributed by atoms with Gasteiger partial charge in [-0.2, -0.15) is 0 Å². The third-order valence-electron chi connectivity index (χ3n) is 3.24. The smallest absolute Gasteiger partial charge is 0.179 e. The van der Waals surface area contributed by atoms with Crippen LogP contribution in [0.1, 0.15) is 34.1 Å². The van der Waals surface area contributed by atoms with E-state index in [1.807, 2.05) is 0 Å². The standard InChI is InChI=1S/C15H24ClNO2S/c1-5-10-17-14(15(2,3)4)11-20(18,19)13-8-6-12(16)7-9-13/h6-9,14,17H,5,10-11H2,1-4H3. The topological polar surface area (TPSA) is 46.2 Å². The van der Waals surface area contributed by atoms with Gasteiger partial charge in [-0.05, 0) is 42.6 Å². The van der Waals surface area contributed by atoms with Crippen LogP contribution in [0.15, 0.2) is 29.2 Å². The van der Waals surface area contributed by atoms with Gasteiger partial charge >= 0.3 is 0 Å². The highest BCUT2D eigenvalue weighted by Gasteiger charge is 2.29. The summed E-state index contributed by atoms with van der Waals surface area (Å²) in [5.74, 6) is 0.0954. The zero-order valence-electron chi connectivity index (χ0n) is 12.6. The molecule has 1 N–H and O–H groups in total. The monoisotopic (exact) mass is 317 g/mol. The Labute approximate surface area is 127 Å². The number of rotatable bonds is 6. The van der Waals surface area contributed by atoms with Crippen molar-refractivity contribution in [3.8, 4) is 0 Å². The number of halogens is 1. The van der Waals surface area contributed by atoms with Crippen LogP contribution in [0.4, 0.5) is 0 Å². The minimum atomic E-state index is -3.31. The zero-order valence-corrected chi connectivity index (χ0v) is 14.2. The van der Waals surface area contributed by atoms with Crippen molar-refractivity contribution < 1.29 is 8.42 Å². The fraction of sp³-hybridized carbons (Fsp3) is 0.600. The molecule has 0 amide bonds. The summed E-state index contributed by atoms with van der Waals surface area (Å²) in [6.07, 6.45) is 0.980. The molecule has 0 aliphatic heterocycles. The quantitative estimate of drug-likeness (QED) is 0.873. The third-order valence-corrected chi connectivity index (χ3v) is 5.26. The van der Waals surface area contributed by atoms with E-state index in [1.165, 1.54) is 0 Å². The van der Waals surface area contributed by atoms with Crippen molar-refractivity contribution in [2.75, 3.05) is 12.3 Å². The second-order valence-electron chi connectivity index (χ2n) is 6.11. The second kappa shape index (κ2) is 6.92. The molecule has 5 heteroatoms. The van der Waals surface area contributed by atoms with Gasteiger partial charge in [0.05, 0.1) is 10.6 Å². The maximum absolute atomic E-state index is 12.5. The lowest BCUT2D eigenvalue weighted by atomic mass is 9.88. The molecule has 0 saturated carbocycles. The van der Waals surface area contributed by atoms with Crippen LogP contribution >= 0.6 is 11.6 Å². The lowest BCUT2D eigenvalue weighted by Gasteiger charge is -2.31. The molecule has 0 aromatic heterocycles. The Morgan fingerprint density at radius 3 is 2.20 bits per heavy atom. The molecule has 1 aromatic carbocycles. The third kappa shape index (κ3) is 5.08. The van der Waals surface area contributed by atoms with Crippen LogP contribution < -0.4 is 5.32 Å². The minimum Gasteiger partial charge on any atom is -0.312 e. The molecule has 1 rings (SSSR count). The number of nitrogens with one attached hydrogen (secondary N) is 1. The van der Waals surface area contributed by atoms with Gasteiger partial charge in [0.25, 0.3) is 0 Å². The van der Waals surface area contributed by atoms with E-state index in [-0.39, 0.29) is 17.2 Å². The molecule has 0 heterocycles. The Balaban J connectivity index is 2.93. The minimum absolute atomic E-state index is 0.0804. The predicted octanol–water partition coefficient (Wildman–Crippen LogP) is 3.53. The summed E-state index contributed by atoms with van der Waals surface area (Å²) >= 11 is 5.80. The van der Waals surface area contributed by atoms with Crippen LogP contribution in [-0.4, -0.2) is 26.8 Å². The summed E-state index contributed by atoms with van der Waals surface area (Å²) in [6.45, 7) is 9.05. The van der Waals surface area contributed by atoms with Crippen LogP contribution in [0.5, 0.6) is 0 Å². The first-order chi connectivity index (χ1) is 9.16. The highest BCUT2D eigenvalue weighted by atomic mass is 35.5. The Kier molecular flexibility index (Phi) is 6.05. The molecular weight excluding hydrogens is 294 g/mol. The first kappa shape index (κ1) is 17.5. The fourth-order valence-electron chi connectivity index (χ4n) is 1.89. The van der Waals surface area contributed by atoms with E-state index >= 15 is 0 Å². The van der Waals surface area contributed by atoms with Crippen LogP contribution in [0.2, 0.25) is 5.02 Å². The molecular formula is C15H24ClNO2S. The summed E-state index contributed by atoms with van der Waals surface area (Å²) < 4.78 is 25.0. The average Bonchev–Trinajstić information content (AvgIpc) is 2.33.